The van der Waals surface area contributed by atoms with Crippen molar-refractivity contribution >= 4 is 24.0 Å². The molecule has 0 aliphatic carbocycles. The van der Waals surface area contributed by atoms with Crippen LogP contribution in [0, 0.1) is 0 Å². The maximum Gasteiger partial charge on any atom is 0.228 e. The van der Waals surface area contributed by atoms with Crippen molar-refractivity contribution in [2.45, 2.75) is 25.3 Å². The number of nitrogens with zero attached hydrogens (tertiary/aromatic N) is 3. The van der Waals surface area contributed by atoms with Gasteiger partial charge in [0.15, 0.2) is 0 Å². The highest BCUT2D eigenvalue weighted by molar-refractivity contribution is 5.85. The van der Waals surface area contributed by atoms with Gasteiger partial charge < -0.3 is 15.5 Å². The third-order valence-electron chi connectivity index (χ3n) is 3.81. The quantitative estimate of drug-likeness (QED) is 0.910. The van der Waals surface area contributed by atoms with Crippen LogP contribution in [0.25, 0.3) is 0 Å². The van der Waals surface area contributed by atoms with Crippen molar-refractivity contribution in [2.24, 2.45) is 0 Å². The van der Waals surface area contributed by atoms with Crippen molar-refractivity contribution in [3.05, 3.63) is 24.0 Å². The summed E-state index contributed by atoms with van der Waals surface area (Å²) in [7, 11) is 4.02. The SMILES string of the molecule is CN1CCC(N(C)C(=O)Cc2ccc(N)cn2)CC1.Cl. The van der Waals surface area contributed by atoms with Gasteiger partial charge >= 0.3 is 0 Å². The van der Waals surface area contributed by atoms with Gasteiger partial charge in [0.25, 0.3) is 0 Å². The lowest BCUT2D eigenvalue weighted by Crippen LogP contribution is -2.45. The fourth-order valence-electron chi connectivity index (χ4n) is 2.41. The zero-order chi connectivity index (χ0) is 13.8. The number of nitrogen functional groups attached to an aromatic ring is 1. The zero-order valence-corrected chi connectivity index (χ0v) is 12.9. The lowest BCUT2D eigenvalue weighted by Gasteiger charge is -2.35. The molecule has 112 valence electrons. The molecule has 0 unspecified atom stereocenters. The summed E-state index contributed by atoms with van der Waals surface area (Å²) in [4.78, 5) is 20.6. The molecule has 0 spiro atoms. The molecule has 2 heterocycles. The summed E-state index contributed by atoms with van der Waals surface area (Å²) in [5.74, 6) is 0.131. The fraction of sp³-hybridized carbons (Fsp3) is 0.571. The number of hydrogen-bond donors (Lipinski definition) is 1. The summed E-state index contributed by atoms with van der Waals surface area (Å²) < 4.78 is 0. The molecule has 2 rings (SSSR count). The van der Waals surface area contributed by atoms with Gasteiger partial charge in [0.2, 0.25) is 5.91 Å². The van der Waals surface area contributed by atoms with Gasteiger partial charge in [-0.1, -0.05) is 0 Å². The Morgan fingerprint density at radius 2 is 2.10 bits per heavy atom. The van der Waals surface area contributed by atoms with E-state index in [2.05, 4.69) is 16.9 Å². The molecular weight excluding hydrogens is 276 g/mol. The van der Waals surface area contributed by atoms with Gasteiger partial charge in [-0.25, -0.2) is 0 Å². The minimum Gasteiger partial charge on any atom is -0.397 e. The van der Waals surface area contributed by atoms with Crippen LogP contribution in [-0.2, 0) is 11.2 Å². The zero-order valence-electron chi connectivity index (χ0n) is 12.1. The summed E-state index contributed by atoms with van der Waals surface area (Å²) in [6.07, 6.45) is 4.04. The van der Waals surface area contributed by atoms with Crippen LogP contribution < -0.4 is 5.73 Å². The van der Waals surface area contributed by atoms with Crippen LogP contribution in [0.15, 0.2) is 18.3 Å². The van der Waals surface area contributed by atoms with Crippen LogP contribution in [0.4, 0.5) is 5.69 Å². The number of likely N-dealkylation sites (N-methyl/N-ethyl adjacent to an activating group) is 1. The summed E-state index contributed by atoms with van der Waals surface area (Å²) in [5.41, 5.74) is 6.99. The van der Waals surface area contributed by atoms with Gasteiger partial charge in [0.05, 0.1) is 18.3 Å². The number of pyridine rings is 1. The van der Waals surface area contributed by atoms with Crippen molar-refractivity contribution in [1.29, 1.82) is 0 Å². The Morgan fingerprint density at radius 3 is 2.65 bits per heavy atom. The monoisotopic (exact) mass is 298 g/mol. The Balaban J connectivity index is 0.00000200. The third kappa shape index (κ3) is 4.35. The van der Waals surface area contributed by atoms with Gasteiger partial charge in [-0.05, 0) is 45.1 Å². The molecule has 1 saturated heterocycles. The molecule has 0 radical (unpaired) electrons. The second-order valence-electron chi connectivity index (χ2n) is 5.30. The minimum absolute atomic E-state index is 0. The first-order valence-corrected chi connectivity index (χ1v) is 6.71. The first-order chi connectivity index (χ1) is 9.06. The molecule has 0 atom stereocenters. The molecule has 6 heteroatoms. The molecular formula is C14H23ClN4O. The van der Waals surface area contributed by atoms with E-state index in [9.17, 15) is 4.79 Å². The van der Waals surface area contributed by atoms with E-state index in [0.717, 1.165) is 31.6 Å². The number of piperidine rings is 1. The topological polar surface area (TPSA) is 62.5 Å². The van der Waals surface area contributed by atoms with Gasteiger partial charge in [0, 0.05) is 18.8 Å². The summed E-state index contributed by atoms with van der Waals surface area (Å²) in [6.45, 7) is 2.12. The smallest absolute Gasteiger partial charge is 0.228 e. The second-order valence-corrected chi connectivity index (χ2v) is 5.30. The van der Waals surface area contributed by atoms with E-state index in [-0.39, 0.29) is 18.3 Å². The van der Waals surface area contributed by atoms with Crippen molar-refractivity contribution in [3.63, 3.8) is 0 Å². The first-order valence-electron chi connectivity index (χ1n) is 6.71. The average Bonchev–Trinajstić information content (AvgIpc) is 2.41. The minimum atomic E-state index is 0. The van der Waals surface area contributed by atoms with Crippen LogP contribution in [0.1, 0.15) is 18.5 Å². The molecule has 1 aromatic heterocycles. The molecule has 2 N–H and O–H groups in total. The largest absolute Gasteiger partial charge is 0.397 e. The highest BCUT2D eigenvalue weighted by Crippen LogP contribution is 2.15. The molecule has 1 aliphatic rings. The van der Waals surface area contributed by atoms with E-state index >= 15 is 0 Å². The number of halogens is 1. The van der Waals surface area contributed by atoms with Crippen molar-refractivity contribution in [1.82, 2.24) is 14.8 Å². The molecule has 0 bridgehead atoms. The normalized spacial score (nSPS) is 16.5. The van der Waals surface area contributed by atoms with Crippen LogP contribution in [-0.4, -0.2) is 53.9 Å². The predicted molar refractivity (Wildman–Crippen MR) is 82.9 cm³/mol. The summed E-state index contributed by atoms with van der Waals surface area (Å²) in [5, 5.41) is 0. The fourth-order valence-corrected chi connectivity index (χ4v) is 2.41. The van der Waals surface area contributed by atoms with Crippen molar-refractivity contribution < 1.29 is 4.79 Å². The van der Waals surface area contributed by atoms with E-state index in [1.54, 1.807) is 12.3 Å². The number of anilines is 1. The molecule has 1 aromatic rings. The highest BCUT2D eigenvalue weighted by atomic mass is 35.5. The van der Waals surface area contributed by atoms with E-state index in [4.69, 9.17) is 5.73 Å². The maximum absolute atomic E-state index is 12.2. The van der Waals surface area contributed by atoms with Gasteiger partial charge in [-0.2, -0.15) is 0 Å². The summed E-state index contributed by atoms with van der Waals surface area (Å²) in [6, 6.07) is 3.96. The van der Waals surface area contributed by atoms with Crippen molar-refractivity contribution in [3.8, 4) is 0 Å². The van der Waals surface area contributed by atoms with E-state index in [0.29, 0.717) is 18.2 Å². The van der Waals surface area contributed by atoms with Gasteiger partial charge in [-0.15, -0.1) is 12.4 Å². The number of rotatable bonds is 3. The summed E-state index contributed by atoms with van der Waals surface area (Å²) >= 11 is 0. The Kier molecular flexibility index (Phi) is 6.23. The number of carbonyl (C=O) groups excluding carboxylic acids is 1. The van der Waals surface area contributed by atoms with Gasteiger partial charge in [0.1, 0.15) is 0 Å². The average molecular weight is 299 g/mol. The Hall–Kier alpha value is -1.33. The lowest BCUT2D eigenvalue weighted by molar-refractivity contribution is -0.132. The Morgan fingerprint density at radius 1 is 1.45 bits per heavy atom. The third-order valence-corrected chi connectivity index (χ3v) is 3.81. The Bertz CT molecular complexity index is 429. The highest BCUT2D eigenvalue weighted by Gasteiger charge is 2.23. The second kappa shape index (κ2) is 7.45. The van der Waals surface area contributed by atoms with E-state index in [1.807, 2.05) is 18.0 Å². The molecule has 5 nitrogen and oxygen atoms in total. The maximum atomic E-state index is 12.2. The predicted octanol–water partition coefficient (Wildman–Crippen LogP) is 1.18. The molecule has 0 saturated carbocycles. The number of amides is 1. The molecule has 1 fully saturated rings. The van der Waals surface area contributed by atoms with Crippen LogP contribution in [0.3, 0.4) is 0 Å². The van der Waals surface area contributed by atoms with Crippen molar-refractivity contribution in [2.75, 3.05) is 32.9 Å². The van der Waals surface area contributed by atoms with Crippen LogP contribution >= 0.6 is 12.4 Å². The van der Waals surface area contributed by atoms with Gasteiger partial charge in [-0.3, -0.25) is 9.78 Å². The van der Waals surface area contributed by atoms with Crippen LogP contribution in [0.2, 0.25) is 0 Å². The number of carbonyl (C=O) groups is 1. The van der Waals surface area contributed by atoms with E-state index in [1.165, 1.54) is 0 Å². The first kappa shape index (κ1) is 16.7. The molecule has 0 aromatic carbocycles. The number of likely N-dealkylation sites (tertiary alicyclic amines) is 1. The number of hydrogen-bond acceptors (Lipinski definition) is 4. The Labute approximate surface area is 126 Å². The van der Waals surface area contributed by atoms with E-state index < -0.39 is 0 Å². The molecule has 20 heavy (non-hydrogen) atoms. The molecule has 1 aliphatic heterocycles. The molecule has 1 amide bonds. The number of aromatic nitrogens is 1. The lowest BCUT2D eigenvalue weighted by atomic mass is 10.0. The number of nitrogens with two attached hydrogens (primary N) is 1. The standard InChI is InChI=1S/C14H22N4O.ClH/c1-17-7-5-13(6-8-17)18(2)14(19)9-12-4-3-11(15)10-16-12;/h3-4,10,13H,5-9,15H2,1-2H3;1H. The van der Waals surface area contributed by atoms with Crippen LogP contribution in [0.5, 0.6) is 0 Å².